The second-order valence-corrected chi connectivity index (χ2v) is 10.9. The molecule has 3 aromatic rings. The summed E-state index contributed by atoms with van der Waals surface area (Å²) in [5.41, 5.74) is 0.237. The Balaban J connectivity index is 1.39. The summed E-state index contributed by atoms with van der Waals surface area (Å²) in [4.78, 5) is 6.12. The Morgan fingerprint density at radius 1 is 0.727 bits per heavy atom. The molecule has 0 aliphatic carbocycles. The van der Waals surface area contributed by atoms with Crippen molar-refractivity contribution in [3.8, 4) is 0 Å². The Morgan fingerprint density at radius 3 is 1.79 bits per heavy atom. The Bertz CT molecular complexity index is 1320. The van der Waals surface area contributed by atoms with Crippen molar-refractivity contribution in [1.82, 2.24) is 9.29 Å². The van der Waals surface area contributed by atoms with Gasteiger partial charge in [0.25, 0.3) is 10.0 Å². The molecule has 1 aliphatic heterocycles. The third-order valence-electron chi connectivity index (χ3n) is 5.14. The van der Waals surface area contributed by atoms with Crippen molar-refractivity contribution >= 4 is 31.6 Å². The van der Waals surface area contributed by atoms with E-state index in [1.54, 1.807) is 12.1 Å². The van der Waals surface area contributed by atoms with E-state index in [-0.39, 0.29) is 28.6 Å². The van der Waals surface area contributed by atoms with Gasteiger partial charge in [0, 0.05) is 26.2 Å². The Kier molecular flexibility index (Phi) is 6.32. The normalized spacial score (nSPS) is 15.4. The average molecular weight is 495 g/mol. The second kappa shape index (κ2) is 9.04. The summed E-state index contributed by atoms with van der Waals surface area (Å²) < 4.78 is 80.2. The van der Waals surface area contributed by atoms with E-state index < -0.39 is 31.7 Å². The van der Waals surface area contributed by atoms with Crippen LogP contribution in [0, 0.1) is 11.6 Å². The van der Waals surface area contributed by atoms with Crippen LogP contribution < -0.4 is 9.62 Å². The van der Waals surface area contributed by atoms with E-state index in [1.807, 2.05) is 4.90 Å². The largest absolute Gasteiger partial charge is 0.354 e. The highest BCUT2D eigenvalue weighted by atomic mass is 32.2. The van der Waals surface area contributed by atoms with E-state index in [0.717, 1.165) is 24.3 Å². The summed E-state index contributed by atoms with van der Waals surface area (Å²) >= 11 is 0. The number of piperazine rings is 1. The van der Waals surface area contributed by atoms with Gasteiger partial charge in [-0.25, -0.2) is 30.6 Å². The van der Waals surface area contributed by atoms with Crippen LogP contribution in [0.1, 0.15) is 0 Å². The molecule has 0 saturated carbocycles. The third-order valence-corrected chi connectivity index (χ3v) is 8.45. The first-order valence-electron chi connectivity index (χ1n) is 9.90. The summed E-state index contributed by atoms with van der Waals surface area (Å²) in [6, 6.07) is 12.3. The quantitative estimate of drug-likeness (QED) is 0.566. The van der Waals surface area contributed by atoms with Gasteiger partial charge >= 0.3 is 0 Å². The minimum absolute atomic E-state index is 0.0354. The number of halogens is 2. The molecule has 0 amide bonds. The predicted molar refractivity (Wildman–Crippen MR) is 119 cm³/mol. The van der Waals surface area contributed by atoms with Gasteiger partial charge in [-0.1, -0.05) is 0 Å². The van der Waals surface area contributed by atoms with E-state index in [2.05, 4.69) is 9.71 Å². The van der Waals surface area contributed by atoms with Gasteiger partial charge in [0.15, 0.2) is 0 Å². The van der Waals surface area contributed by atoms with E-state index >= 15 is 0 Å². The van der Waals surface area contributed by atoms with E-state index in [1.165, 1.54) is 34.8 Å². The first-order chi connectivity index (χ1) is 15.6. The number of nitrogens with zero attached hydrogens (tertiary/aromatic N) is 3. The van der Waals surface area contributed by atoms with Gasteiger partial charge in [0.05, 0.1) is 21.7 Å². The van der Waals surface area contributed by atoms with E-state index in [9.17, 15) is 25.6 Å². The van der Waals surface area contributed by atoms with Crippen LogP contribution in [0.3, 0.4) is 0 Å². The maximum absolute atomic E-state index is 13.1. The van der Waals surface area contributed by atoms with Crippen molar-refractivity contribution in [2.75, 3.05) is 35.8 Å². The van der Waals surface area contributed by atoms with Gasteiger partial charge in [0.2, 0.25) is 10.0 Å². The standard InChI is InChI=1S/C21H20F2N4O4S2/c22-16-1-6-19(7-2-16)32(28,29)25-18-5-10-21(24-15-18)26-11-13-27(14-12-26)33(30,31)20-8-3-17(23)4-9-20/h1-10,15,25H,11-14H2. The molecule has 2 aromatic carbocycles. The number of anilines is 2. The lowest BCUT2D eigenvalue weighted by atomic mass is 10.3. The fourth-order valence-corrected chi connectivity index (χ4v) is 5.84. The molecular formula is C21H20F2N4O4S2. The van der Waals surface area contributed by atoms with Gasteiger partial charge in [0.1, 0.15) is 17.5 Å². The molecule has 1 saturated heterocycles. The van der Waals surface area contributed by atoms with Gasteiger partial charge in [-0.3, -0.25) is 4.72 Å². The smallest absolute Gasteiger partial charge is 0.261 e. The number of aromatic nitrogens is 1. The summed E-state index contributed by atoms with van der Waals surface area (Å²) in [5.74, 6) is -0.475. The maximum atomic E-state index is 13.1. The van der Waals surface area contributed by atoms with Crippen LogP contribution >= 0.6 is 0 Å². The van der Waals surface area contributed by atoms with Crippen LogP contribution in [-0.2, 0) is 20.0 Å². The Labute approximate surface area is 190 Å². The minimum Gasteiger partial charge on any atom is -0.354 e. The van der Waals surface area contributed by atoms with Crippen molar-refractivity contribution in [3.63, 3.8) is 0 Å². The van der Waals surface area contributed by atoms with Gasteiger partial charge < -0.3 is 4.90 Å². The zero-order valence-electron chi connectivity index (χ0n) is 17.2. The van der Waals surface area contributed by atoms with Crippen molar-refractivity contribution in [3.05, 3.63) is 78.5 Å². The van der Waals surface area contributed by atoms with Gasteiger partial charge in [-0.05, 0) is 60.7 Å². The van der Waals surface area contributed by atoms with Crippen molar-refractivity contribution < 1.29 is 25.6 Å². The molecule has 174 valence electrons. The average Bonchev–Trinajstić information content (AvgIpc) is 2.80. The highest BCUT2D eigenvalue weighted by molar-refractivity contribution is 7.92. The van der Waals surface area contributed by atoms with Crippen LogP contribution in [0.5, 0.6) is 0 Å². The number of hydrogen-bond donors (Lipinski definition) is 1. The third kappa shape index (κ3) is 5.13. The van der Waals surface area contributed by atoms with Crippen molar-refractivity contribution in [2.45, 2.75) is 9.79 Å². The lowest BCUT2D eigenvalue weighted by Gasteiger charge is -2.34. The lowest BCUT2D eigenvalue weighted by molar-refractivity contribution is 0.384. The number of benzene rings is 2. The van der Waals surface area contributed by atoms with Crippen LogP contribution in [0.25, 0.3) is 0 Å². The summed E-state index contributed by atoms with van der Waals surface area (Å²) in [5, 5.41) is 0. The first kappa shape index (κ1) is 23.1. The predicted octanol–water partition coefficient (Wildman–Crippen LogP) is 2.67. The SMILES string of the molecule is O=S(=O)(Nc1ccc(N2CCN(S(=O)(=O)c3ccc(F)cc3)CC2)nc1)c1ccc(F)cc1. The van der Waals surface area contributed by atoms with Gasteiger partial charge in [-0.2, -0.15) is 4.31 Å². The molecule has 0 atom stereocenters. The van der Waals surface area contributed by atoms with Gasteiger partial charge in [-0.15, -0.1) is 0 Å². The molecule has 33 heavy (non-hydrogen) atoms. The number of nitrogens with one attached hydrogen (secondary N) is 1. The molecule has 8 nitrogen and oxygen atoms in total. The number of hydrogen-bond acceptors (Lipinski definition) is 6. The maximum Gasteiger partial charge on any atom is 0.261 e. The minimum atomic E-state index is -3.89. The highest BCUT2D eigenvalue weighted by Gasteiger charge is 2.29. The fourth-order valence-electron chi connectivity index (χ4n) is 3.37. The molecule has 1 N–H and O–H groups in total. The molecule has 0 bridgehead atoms. The number of sulfonamides is 2. The monoisotopic (exact) mass is 494 g/mol. The summed E-state index contributed by atoms with van der Waals surface area (Å²) in [6.07, 6.45) is 1.36. The summed E-state index contributed by atoms with van der Waals surface area (Å²) in [6.45, 7) is 1.21. The van der Waals surface area contributed by atoms with Crippen molar-refractivity contribution in [1.29, 1.82) is 0 Å². The van der Waals surface area contributed by atoms with Crippen LogP contribution in [0.15, 0.2) is 76.7 Å². The number of pyridine rings is 1. The molecule has 0 radical (unpaired) electrons. The van der Waals surface area contributed by atoms with Crippen LogP contribution in [0.4, 0.5) is 20.3 Å². The molecule has 1 aliphatic rings. The molecule has 4 rings (SSSR count). The highest BCUT2D eigenvalue weighted by Crippen LogP contribution is 2.22. The van der Waals surface area contributed by atoms with E-state index in [4.69, 9.17) is 0 Å². The zero-order valence-corrected chi connectivity index (χ0v) is 18.9. The second-order valence-electron chi connectivity index (χ2n) is 7.31. The molecule has 0 spiro atoms. The number of rotatable bonds is 6. The Morgan fingerprint density at radius 2 is 1.27 bits per heavy atom. The molecule has 12 heteroatoms. The van der Waals surface area contributed by atoms with Crippen LogP contribution in [0.2, 0.25) is 0 Å². The first-order valence-corrected chi connectivity index (χ1v) is 12.8. The molecule has 0 unspecified atom stereocenters. The van der Waals surface area contributed by atoms with Crippen molar-refractivity contribution in [2.24, 2.45) is 0 Å². The fraction of sp³-hybridized carbons (Fsp3) is 0.190. The van der Waals surface area contributed by atoms with Crippen LogP contribution in [-0.4, -0.2) is 52.3 Å². The lowest BCUT2D eigenvalue weighted by Crippen LogP contribution is -2.48. The molecule has 1 fully saturated rings. The topological polar surface area (TPSA) is 99.7 Å². The zero-order chi connectivity index (χ0) is 23.6. The van der Waals surface area contributed by atoms with E-state index in [0.29, 0.717) is 18.9 Å². The molecule has 1 aromatic heterocycles. The summed E-state index contributed by atoms with van der Waals surface area (Å²) in [7, 11) is -7.61. The Hall–Kier alpha value is -3.09. The molecule has 2 heterocycles. The molecular weight excluding hydrogens is 474 g/mol.